The highest BCUT2D eigenvalue weighted by Crippen LogP contribution is 2.30. The summed E-state index contributed by atoms with van der Waals surface area (Å²) in [5.74, 6) is 1.20. The number of nitrogens with zero attached hydrogens (tertiary/aromatic N) is 1. The molecule has 0 radical (unpaired) electrons. The summed E-state index contributed by atoms with van der Waals surface area (Å²) in [6.07, 6.45) is 0. The summed E-state index contributed by atoms with van der Waals surface area (Å²) in [6.45, 7) is 1.70. The third-order valence-corrected chi connectivity index (χ3v) is 5.14. The number of amides is 1. The van der Waals surface area contributed by atoms with Crippen molar-refractivity contribution in [1.82, 2.24) is 4.98 Å². The van der Waals surface area contributed by atoms with Crippen LogP contribution in [-0.2, 0) is 4.79 Å². The number of hydrogen-bond donors (Lipinski definition) is 1. The lowest BCUT2D eigenvalue weighted by Gasteiger charge is -2.11. The van der Waals surface area contributed by atoms with Gasteiger partial charge in [-0.3, -0.25) is 4.79 Å². The Bertz CT molecular complexity index is 1270. The average molecular weight is 457 g/mol. The van der Waals surface area contributed by atoms with E-state index >= 15 is 0 Å². The van der Waals surface area contributed by atoms with E-state index in [4.69, 9.17) is 37.1 Å². The Morgan fingerprint density at radius 2 is 1.94 bits per heavy atom. The summed E-state index contributed by atoms with van der Waals surface area (Å²) in [4.78, 5) is 16.9. The summed E-state index contributed by atoms with van der Waals surface area (Å²) in [6, 6.07) is 15.8. The molecule has 0 aliphatic heterocycles. The number of rotatable bonds is 6. The molecule has 0 bridgehead atoms. The number of carbonyl (C=O) groups excluding carboxylic acids is 1. The molecule has 6 nitrogen and oxygen atoms in total. The topological polar surface area (TPSA) is 73.6 Å². The summed E-state index contributed by atoms with van der Waals surface area (Å²) in [5.41, 5.74) is 3.59. The maximum absolute atomic E-state index is 12.4. The lowest BCUT2D eigenvalue weighted by Crippen LogP contribution is -2.20. The fraction of sp³-hybridized carbons (Fsp3) is 0.130. The van der Waals surface area contributed by atoms with Crippen LogP contribution in [0.1, 0.15) is 5.56 Å². The van der Waals surface area contributed by atoms with Crippen molar-refractivity contribution in [2.45, 2.75) is 6.92 Å². The Hall–Kier alpha value is -3.22. The van der Waals surface area contributed by atoms with E-state index in [2.05, 4.69) is 10.3 Å². The van der Waals surface area contributed by atoms with E-state index in [1.165, 1.54) is 0 Å². The van der Waals surface area contributed by atoms with Gasteiger partial charge in [0.25, 0.3) is 5.91 Å². The zero-order valence-electron chi connectivity index (χ0n) is 16.7. The lowest BCUT2D eigenvalue weighted by molar-refractivity contribution is -0.118. The van der Waals surface area contributed by atoms with Crippen LogP contribution < -0.4 is 14.8 Å². The number of aryl methyl sites for hydroxylation is 1. The number of fused-ring (bicyclic) bond motifs is 1. The van der Waals surface area contributed by atoms with Crippen LogP contribution in [-0.4, -0.2) is 24.6 Å². The van der Waals surface area contributed by atoms with Crippen molar-refractivity contribution in [3.63, 3.8) is 0 Å². The fourth-order valence-corrected chi connectivity index (χ4v) is 3.43. The van der Waals surface area contributed by atoms with Gasteiger partial charge in [-0.15, -0.1) is 0 Å². The third kappa shape index (κ3) is 4.76. The van der Waals surface area contributed by atoms with Crippen molar-refractivity contribution in [2.75, 3.05) is 19.0 Å². The van der Waals surface area contributed by atoms with Crippen LogP contribution in [0.4, 0.5) is 5.69 Å². The molecular formula is C23H18Cl2N2O4. The molecule has 0 unspecified atom stereocenters. The van der Waals surface area contributed by atoms with Crippen LogP contribution in [0.3, 0.4) is 0 Å². The van der Waals surface area contributed by atoms with E-state index in [0.717, 1.165) is 11.1 Å². The highest BCUT2D eigenvalue weighted by Gasteiger charge is 2.13. The first-order valence-electron chi connectivity index (χ1n) is 9.36. The number of anilines is 1. The molecule has 0 aliphatic rings. The molecule has 4 rings (SSSR count). The zero-order chi connectivity index (χ0) is 22.0. The van der Waals surface area contributed by atoms with Crippen LogP contribution in [0.15, 0.2) is 59.0 Å². The predicted octanol–water partition coefficient (Wildman–Crippen LogP) is 6.14. The number of oxazole rings is 1. The highest BCUT2D eigenvalue weighted by molar-refractivity contribution is 6.35. The maximum Gasteiger partial charge on any atom is 0.262 e. The summed E-state index contributed by atoms with van der Waals surface area (Å²) < 4.78 is 16.6. The molecule has 1 amide bonds. The van der Waals surface area contributed by atoms with Crippen LogP contribution >= 0.6 is 23.2 Å². The summed E-state index contributed by atoms with van der Waals surface area (Å²) in [7, 11) is 1.60. The number of methoxy groups -OCH3 is 1. The maximum atomic E-state index is 12.4. The van der Waals surface area contributed by atoms with Crippen LogP contribution in [0, 0.1) is 6.92 Å². The Morgan fingerprint density at radius 1 is 1.10 bits per heavy atom. The standard InChI is InChI=1S/C23H18Cl2N2O4/c1-13-3-4-14(23-27-19-11-16(29-2)6-8-21(19)31-23)9-18(13)26-22(28)12-30-20-7-5-15(24)10-17(20)25/h3-11H,12H2,1-2H3,(H,26,28). The van der Waals surface area contributed by atoms with Crippen LogP contribution in [0.5, 0.6) is 11.5 Å². The minimum absolute atomic E-state index is 0.201. The number of nitrogens with one attached hydrogen (secondary N) is 1. The second-order valence-corrected chi connectivity index (χ2v) is 7.64. The molecule has 0 atom stereocenters. The molecule has 0 fully saturated rings. The van der Waals surface area contributed by atoms with Gasteiger partial charge in [-0.05, 0) is 55.0 Å². The van der Waals surface area contributed by atoms with Crippen molar-refractivity contribution >= 4 is 45.9 Å². The molecule has 0 saturated carbocycles. The smallest absolute Gasteiger partial charge is 0.262 e. The van der Waals surface area contributed by atoms with Gasteiger partial charge >= 0.3 is 0 Å². The van der Waals surface area contributed by atoms with Crippen LogP contribution in [0.2, 0.25) is 10.0 Å². The van der Waals surface area contributed by atoms with E-state index < -0.39 is 0 Å². The molecule has 0 saturated heterocycles. The number of carbonyl (C=O) groups is 1. The molecule has 1 N–H and O–H groups in total. The van der Waals surface area contributed by atoms with Gasteiger partial charge in [0.05, 0.1) is 12.1 Å². The number of halogens is 2. The van der Waals surface area contributed by atoms with E-state index in [1.807, 2.05) is 31.2 Å². The van der Waals surface area contributed by atoms with Gasteiger partial charge in [-0.2, -0.15) is 0 Å². The second kappa shape index (κ2) is 8.88. The fourth-order valence-electron chi connectivity index (χ4n) is 2.97. The Balaban J connectivity index is 1.50. The first kappa shape index (κ1) is 21.0. The van der Waals surface area contributed by atoms with Gasteiger partial charge in [0.1, 0.15) is 17.0 Å². The Kier molecular flexibility index (Phi) is 6.02. The number of benzene rings is 3. The van der Waals surface area contributed by atoms with Gasteiger partial charge in [-0.25, -0.2) is 4.98 Å². The summed E-state index contributed by atoms with van der Waals surface area (Å²) >= 11 is 11.9. The van der Waals surface area contributed by atoms with Gasteiger partial charge < -0.3 is 19.2 Å². The number of hydrogen-bond acceptors (Lipinski definition) is 5. The molecule has 0 aliphatic carbocycles. The molecule has 8 heteroatoms. The quantitative estimate of drug-likeness (QED) is 0.377. The van der Waals surface area contributed by atoms with E-state index in [9.17, 15) is 4.79 Å². The van der Waals surface area contributed by atoms with E-state index in [-0.39, 0.29) is 12.5 Å². The minimum atomic E-state index is -0.325. The molecule has 158 valence electrons. The molecular weight excluding hydrogens is 439 g/mol. The molecule has 31 heavy (non-hydrogen) atoms. The Morgan fingerprint density at radius 3 is 2.71 bits per heavy atom. The second-order valence-electron chi connectivity index (χ2n) is 6.79. The third-order valence-electron chi connectivity index (χ3n) is 4.61. The zero-order valence-corrected chi connectivity index (χ0v) is 18.3. The van der Waals surface area contributed by atoms with Crippen molar-refractivity contribution in [2.24, 2.45) is 0 Å². The van der Waals surface area contributed by atoms with Gasteiger partial charge in [-0.1, -0.05) is 29.3 Å². The first-order valence-corrected chi connectivity index (χ1v) is 10.1. The molecule has 4 aromatic rings. The first-order chi connectivity index (χ1) is 14.9. The highest BCUT2D eigenvalue weighted by atomic mass is 35.5. The minimum Gasteiger partial charge on any atom is -0.497 e. The number of aromatic nitrogens is 1. The van der Waals surface area contributed by atoms with Gasteiger partial charge in [0.2, 0.25) is 5.89 Å². The SMILES string of the molecule is COc1ccc2oc(-c3ccc(C)c(NC(=O)COc4ccc(Cl)cc4Cl)c3)nc2c1. The van der Waals surface area contributed by atoms with Crippen molar-refractivity contribution in [3.8, 4) is 23.0 Å². The molecule has 3 aromatic carbocycles. The van der Waals surface area contributed by atoms with E-state index in [0.29, 0.717) is 44.2 Å². The predicted molar refractivity (Wildman–Crippen MR) is 121 cm³/mol. The van der Waals surface area contributed by atoms with Gasteiger partial charge in [0, 0.05) is 22.3 Å². The molecule has 1 heterocycles. The molecule has 0 spiro atoms. The number of ether oxygens (including phenoxy) is 2. The summed E-state index contributed by atoms with van der Waals surface area (Å²) in [5, 5.41) is 3.68. The largest absolute Gasteiger partial charge is 0.497 e. The average Bonchev–Trinajstić information content (AvgIpc) is 3.18. The van der Waals surface area contributed by atoms with Crippen molar-refractivity contribution in [3.05, 3.63) is 70.2 Å². The van der Waals surface area contributed by atoms with Crippen LogP contribution in [0.25, 0.3) is 22.6 Å². The monoisotopic (exact) mass is 456 g/mol. The molecule has 1 aromatic heterocycles. The normalized spacial score (nSPS) is 10.8. The van der Waals surface area contributed by atoms with Gasteiger partial charge in [0.15, 0.2) is 12.2 Å². The Labute approximate surface area is 188 Å². The van der Waals surface area contributed by atoms with E-state index in [1.54, 1.807) is 37.4 Å². The lowest BCUT2D eigenvalue weighted by atomic mass is 10.1. The van der Waals surface area contributed by atoms with Crippen molar-refractivity contribution in [1.29, 1.82) is 0 Å². The van der Waals surface area contributed by atoms with Crippen molar-refractivity contribution < 1.29 is 18.7 Å².